The highest BCUT2D eigenvalue weighted by Crippen LogP contribution is 2.39. The van der Waals surface area contributed by atoms with Gasteiger partial charge < -0.3 is 4.74 Å². The van der Waals surface area contributed by atoms with Crippen LogP contribution in [0.25, 0.3) is 0 Å². The third-order valence-corrected chi connectivity index (χ3v) is 5.19. The molecular formula is C23H28O2. The Balaban J connectivity index is 1.89. The van der Waals surface area contributed by atoms with Crippen LogP contribution >= 0.6 is 0 Å². The molecule has 0 saturated heterocycles. The van der Waals surface area contributed by atoms with E-state index in [1.807, 2.05) is 36.4 Å². The molecule has 0 N–H and O–H groups in total. The Labute approximate surface area is 151 Å². The molecule has 0 aliphatic heterocycles. The monoisotopic (exact) mass is 336 g/mol. The average molecular weight is 336 g/mol. The Kier molecular flexibility index (Phi) is 5.27. The zero-order valence-corrected chi connectivity index (χ0v) is 15.5. The molecule has 3 rings (SSSR count). The van der Waals surface area contributed by atoms with Gasteiger partial charge in [0.1, 0.15) is 5.75 Å². The summed E-state index contributed by atoms with van der Waals surface area (Å²) in [6.45, 7) is 6.43. The zero-order chi connectivity index (χ0) is 17.9. The van der Waals surface area contributed by atoms with E-state index in [2.05, 4.69) is 39.0 Å². The largest absolute Gasteiger partial charge is 0.426 e. The SMILES string of the molecule is CC(C)(C)c1ccccc1OC(=O)[C@H](c1ccccc1)C1CCCC1. The topological polar surface area (TPSA) is 26.3 Å². The highest BCUT2D eigenvalue weighted by Gasteiger charge is 2.34. The molecule has 2 nitrogen and oxygen atoms in total. The highest BCUT2D eigenvalue weighted by atomic mass is 16.5. The van der Waals surface area contributed by atoms with Crippen molar-refractivity contribution in [1.29, 1.82) is 0 Å². The van der Waals surface area contributed by atoms with E-state index in [1.54, 1.807) is 0 Å². The first-order chi connectivity index (χ1) is 12.0. The summed E-state index contributed by atoms with van der Waals surface area (Å²) >= 11 is 0. The van der Waals surface area contributed by atoms with Gasteiger partial charge in [-0.15, -0.1) is 0 Å². The van der Waals surface area contributed by atoms with Crippen LogP contribution in [-0.4, -0.2) is 5.97 Å². The summed E-state index contributed by atoms with van der Waals surface area (Å²) in [6, 6.07) is 18.0. The predicted octanol–water partition coefficient (Wildman–Crippen LogP) is 5.86. The molecule has 0 heterocycles. The third kappa shape index (κ3) is 4.12. The smallest absolute Gasteiger partial charge is 0.319 e. The summed E-state index contributed by atoms with van der Waals surface area (Å²) in [5.74, 6) is 0.794. The van der Waals surface area contributed by atoms with Gasteiger partial charge in [0.2, 0.25) is 0 Å². The summed E-state index contributed by atoms with van der Waals surface area (Å²) in [5, 5.41) is 0. The van der Waals surface area contributed by atoms with Crippen molar-refractivity contribution in [3.63, 3.8) is 0 Å². The van der Waals surface area contributed by atoms with E-state index in [0.717, 1.165) is 24.0 Å². The lowest BCUT2D eigenvalue weighted by Gasteiger charge is -2.25. The minimum absolute atomic E-state index is 0.0630. The molecule has 0 spiro atoms. The van der Waals surface area contributed by atoms with E-state index in [1.165, 1.54) is 12.8 Å². The summed E-state index contributed by atoms with van der Waals surface area (Å²) in [6.07, 6.45) is 4.63. The summed E-state index contributed by atoms with van der Waals surface area (Å²) < 4.78 is 5.96. The van der Waals surface area contributed by atoms with Crippen LogP contribution < -0.4 is 4.74 Å². The molecule has 2 heteroatoms. The molecule has 0 radical (unpaired) electrons. The maximum Gasteiger partial charge on any atom is 0.319 e. The molecule has 0 amide bonds. The fourth-order valence-electron chi connectivity index (χ4n) is 3.90. The molecule has 1 saturated carbocycles. The summed E-state index contributed by atoms with van der Waals surface area (Å²) in [4.78, 5) is 13.2. The van der Waals surface area contributed by atoms with Gasteiger partial charge in [-0.3, -0.25) is 4.79 Å². The summed E-state index contributed by atoms with van der Waals surface area (Å²) in [7, 11) is 0. The van der Waals surface area contributed by atoms with Gasteiger partial charge in [0.25, 0.3) is 0 Å². The van der Waals surface area contributed by atoms with Gasteiger partial charge in [0.15, 0.2) is 0 Å². The van der Waals surface area contributed by atoms with Crippen molar-refractivity contribution in [2.24, 2.45) is 5.92 Å². The molecule has 25 heavy (non-hydrogen) atoms. The lowest BCUT2D eigenvalue weighted by Crippen LogP contribution is -2.26. The number of esters is 1. The number of hydrogen-bond acceptors (Lipinski definition) is 2. The molecule has 1 aliphatic carbocycles. The number of carbonyl (C=O) groups is 1. The lowest BCUT2D eigenvalue weighted by atomic mass is 9.84. The number of ether oxygens (including phenoxy) is 1. The van der Waals surface area contributed by atoms with Crippen LogP contribution in [0.2, 0.25) is 0 Å². The summed E-state index contributed by atoms with van der Waals surface area (Å²) in [5.41, 5.74) is 2.08. The first-order valence-electron chi connectivity index (χ1n) is 9.33. The van der Waals surface area contributed by atoms with Gasteiger partial charge in [0, 0.05) is 5.56 Å². The van der Waals surface area contributed by atoms with Crippen LogP contribution in [0.4, 0.5) is 0 Å². The van der Waals surface area contributed by atoms with Crippen molar-refractivity contribution in [2.75, 3.05) is 0 Å². The van der Waals surface area contributed by atoms with E-state index < -0.39 is 0 Å². The normalized spacial score (nSPS) is 16.6. The zero-order valence-electron chi connectivity index (χ0n) is 15.5. The standard InChI is InChI=1S/C23H28O2/c1-23(2,3)19-15-9-10-16-20(19)25-22(24)21(18-13-7-8-14-18)17-11-5-4-6-12-17/h4-6,9-12,15-16,18,21H,7-8,13-14H2,1-3H3/t21-/m1/s1. The number of benzene rings is 2. The fourth-order valence-corrected chi connectivity index (χ4v) is 3.90. The number of rotatable bonds is 4. The first kappa shape index (κ1) is 17.7. The molecule has 132 valence electrons. The van der Waals surface area contributed by atoms with Crippen LogP contribution in [0.3, 0.4) is 0 Å². The van der Waals surface area contributed by atoms with Crippen molar-refractivity contribution >= 4 is 5.97 Å². The van der Waals surface area contributed by atoms with Gasteiger partial charge in [-0.2, -0.15) is 0 Å². The molecule has 2 aromatic carbocycles. The first-order valence-corrected chi connectivity index (χ1v) is 9.33. The van der Waals surface area contributed by atoms with Crippen LogP contribution in [0.15, 0.2) is 54.6 Å². The minimum Gasteiger partial charge on any atom is -0.426 e. The molecule has 0 aromatic heterocycles. The Bertz CT molecular complexity index is 706. The molecular weight excluding hydrogens is 308 g/mol. The maximum absolute atomic E-state index is 13.2. The predicted molar refractivity (Wildman–Crippen MR) is 102 cm³/mol. The molecule has 2 aromatic rings. The molecule has 1 fully saturated rings. The average Bonchev–Trinajstić information content (AvgIpc) is 3.09. The Hall–Kier alpha value is -2.09. The van der Waals surface area contributed by atoms with Gasteiger partial charge in [-0.05, 0) is 35.8 Å². The van der Waals surface area contributed by atoms with Crippen molar-refractivity contribution in [2.45, 2.75) is 57.8 Å². The van der Waals surface area contributed by atoms with Gasteiger partial charge in [-0.1, -0.05) is 82.1 Å². The number of para-hydroxylation sites is 1. The molecule has 1 atom stereocenters. The number of carbonyl (C=O) groups excluding carboxylic acids is 1. The lowest BCUT2D eigenvalue weighted by molar-refractivity contribution is -0.137. The van der Waals surface area contributed by atoms with E-state index in [4.69, 9.17) is 4.74 Å². The van der Waals surface area contributed by atoms with Gasteiger partial charge in [0.05, 0.1) is 5.92 Å². The molecule has 0 unspecified atom stereocenters. The minimum atomic E-state index is -0.170. The second kappa shape index (κ2) is 7.43. The maximum atomic E-state index is 13.2. The van der Waals surface area contributed by atoms with Gasteiger partial charge >= 0.3 is 5.97 Å². The van der Waals surface area contributed by atoms with Crippen LogP contribution in [0.1, 0.15) is 63.5 Å². The van der Waals surface area contributed by atoms with Crippen LogP contribution in [0.5, 0.6) is 5.75 Å². The third-order valence-electron chi connectivity index (χ3n) is 5.19. The van der Waals surface area contributed by atoms with E-state index in [9.17, 15) is 4.79 Å². The Morgan fingerprint density at radius 2 is 1.56 bits per heavy atom. The second-order valence-corrected chi connectivity index (χ2v) is 8.10. The molecule has 1 aliphatic rings. The second-order valence-electron chi connectivity index (χ2n) is 8.10. The fraction of sp³-hybridized carbons (Fsp3) is 0.435. The van der Waals surface area contributed by atoms with Crippen molar-refractivity contribution in [3.05, 3.63) is 65.7 Å². The highest BCUT2D eigenvalue weighted by molar-refractivity contribution is 5.81. The van der Waals surface area contributed by atoms with Crippen LogP contribution in [-0.2, 0) is 10.2 Å². The van der Waals surface area contributed by atoms with Crippen molar-refractivity contribution < 1.29 is 9.53 Å². The van der Waals surface area contributed by atoms with Crippen LogP contribution in [0, 0.1) is 5.92 Å². The van der Waals surface area contributed by atoms with Crippen molar-refractivity contribution in [1.82, 2.24) is 0 Å². The Morgan fingerprint density at radius 1 is 0.960 bits per heavy atom. The van der Waals surface area contributed by atoms with E-state index in [-0.39, 0.29) is 17.3 Å². The Morgan fingerprint density at radius 3 is 2.20 bits per heavy atom. The molecule has 0 bridgehead atoms. The van der Waals surface area contributed by atoms with E-state index in [0.29, 0.717) is 11.7 Å². The van der Waals surface area contributed by atoms with E-state index >= 15 is 0 Å². The van der Waals surface area contributed by atoms with Crippen molar-refractivity contribution in [3.8, 4) is 5.75 Å². The quantitative estimate of drug-likeness (QED) is 0.516. The number of hydrogen-bond donors (Lipinski definition) is 0. The van der Waals surface area contributed by atoms with Gasteiger partial charge in [-0.25, -0.2) is 0 Å².